The van der Waals surface area contributed by atoms with E-state index in [4.69, 9.17) is 21.1 Å². The first-order chi connectivity index (χ1) is 10.2. The van der Waals surface area contributed by atoms with Gasteiger partial charge in [-0.1, -0.05) is 31.4 Å². The second-order valence-electron chi connectivity index (χ2n) is 6.29. The number of hydrogen-bond acceptors (Lipinski definition) is 3. The molecule has 2 unspecified atom stereocenters. The summed E-state index contributed by atoms with van der Waals surface area (Å²) >= 11 is 6.28. The highest BCUT2D eigenvalue weighted by molar-refractivity contribution is 6.32. The van der Waals surface area contributed by atoms with Gasteiger partial charge in [-0.3, -0.25) is 0 Å². The Kier molecular flexibility index (Phi) is 4.91. The average Bonchev–Trinajstić information content (AvgIpc) is 2.70. The molecule has 2 atom stereocenters. The molecule has 3 nitrogen and oxygen atoms in total. The van der Waals surface area contributed by atoms with Crippen molar-refractivity contribution in [3.8, 4) is 11.5 Å². The Labute approximate surface area is 132 Å². The number of fused-ring (bicyclic) bond motifs is 1. The fourth-order valence-electron chi connectivity index (χ4n) is 3.22. The first-order valence-corrected chi connectivity index (χ1v) is 8.41. The summed E-state index contributed by atoms with van der Waals surface area (Å²) in [6.45, 7) is 4.38. The number of halogens is 1. The lowest BCUT2D eigenvalue weighted by Gasteiger charge is -2.21. The van der Waals surface area contributed by atoms with Crippen molar-refractivity contribution in [2.75, 3.05) is 13.2 Å². The summed E-state index contributed by atoms with van der Waals surface area (Å²) in [5.74, 6) is 2.34. The Morgan fingerprint density at radius 2 is 2.00 bits per heavy atom. The highest BCUT2D eigenvalue weighted by Crippen LogP contribution is 2.38. The normalized spacial score (nSPS) is 25.4. The molecule has 0 aromatic heterocycles. The fourth-order valence-corrected chi connectivity index (χ4v) is 3.51. The minimum absolute atomic E-state index is 0.574. The smallest absolute Gasteiger partial charge is 0.179 e. The van der Waals surface area contributed by atoms with E-state index in [0.717, 1.165) is 18.2 Å². The Hall–Kier alpha value is -0.930. The van der Waals surface area contributed by atoms with E-state index < -0.39 is 0 Å². The minimum atomic E-state index is 0.574. The molecule has 116 valence electrons. The lowest BCUT2D eigenvalue weighted by Crippen LogP contribution is -2.28. The van der Waals surface area contributed by atoms with Crippen LogP contribution in [-0.4, -0.2) is 19.3 Å². The summed E-state index contributed by atoms with van der Waals surface area (Å²) in [7, 11) is 0. The number of hydrogen-bond donors (Lipinski definition) is 1. The summed E-state index contributed by atoms with van der Waals surface area (Å²) < 4.78 is 11.2. The standard InChI is InChI=1S/C17H24ClNO2/c1-12-3-2-4-14(6-5-12)19-11-13-9-15(18)17-16(10-13)20-7-8-21-17/h9-10,12,14,19H,2-8,11H2,1H3. The average molecular weight is 310 g/mol. The maximum atomic E-state index is 6.28. The number of benzene rings is 1. The van der Waals surface area contributed by atoms with Gasteiger partial charge in [-0.05, 0) is 42.9 Å². The first kappa shape index (κ1) is 15.0. The molecule has 0 bridgehead atoms. The van der Waals surface area contributed by atoms with Crippen molar-refractivity contribution in [2.24, 2.45) is 5.92 Å². The second-order valence-corrected chi connectivity index (χ2v) is 6.70. The van der Waals surface area contributed by atoms with Gasteiger partial charge in [0.2, 0.25) is 0 Å². The molecule has 0 saturated heterocycles. The zero-order valence-electron chi connectivity index (χ0n) is 12.7. The maximum absolute atomic E-state index is 6.28. The molecule has 1 heterocycles. The molecule has 1 aliphatic carbocycles. The maximum Gasteiger partial charge on any atom is 0.179 e. The van der Waals surface area contributed by atoms with Crippen LogP contribution in [0, 0.1) is 5.92 Å². The van der Waals surface area contributed by atoms with E-state index in [1.165, 1.54) is 37.7 Å². The van der Waals surface area contributed by atoms with E-state index >= 15 is 0 Å². The molecule has 1 aliphatic heterocycles. The van der Waals surface area contributed by atoms with Crippen molar-refractivity contribution in [1.29, 1.82) is 0 Å². The van der Waals surface area contributed by atoms with Crippen molar-refractivity contribution < 1.29 is 9.47 Å². The van der Waals surface area contributed by atoms with E-state index in [1.807, 2.05) is 12.1 Å². The molecule has 1 aromatic carbocycles. The predicted molar refractivity (Wildman–Crippen MR) is 85.3 cm³/mol. The van der Waals surface area contributed by atoms with Crippen LogP contribution >= 0.6 is 11.6 Å². The topological polar surface area (TPSA) is 30.5 Å². The number of nitrogens with one attached hydrogen (secondary N) is 1. The summed E-state index contributed by atoms with van der Waals surface area (Å²) in [5, 5.41) is 4.33. The van der Waals surface area contributed by atoms with Crippen LogP contribution in [0.2, 0.25) is 5.02 Å². The van der Waals surface area contributed by atoms with Crippen LogP contribution in [0.4, 0.5) is 0 Å². The van der Waals surface area contributed by atoms with Gasteiger partial charge in [0.15, 0.2) is 11.5 Å². The molecular weight excluding hydrogens is 286 g/mol. The molecule has 21 heavy (non-hydrogen) atoms. The van der Waals surface area contributed by atoms with Gasteiger partial charge in [0.1, 0.15) is 13.2 Å². The zero-order valence-corrected chi connectivity index (χ0v) is 13.4. The van der Waals surface area contributed by atoms with Crippen molar-refractivity contribution in [1.82, 2.24) is 5.32 Å². The molecule has 2 aliphatic rings. The lowest BCUT2D eigenvalue weighted by atomic mass is 10.0. The summed E-state index contributed by atoms with van der Waals surface area (Å²) in [5.41, 5.74) is 1.17. The predicted octanol–water partition coefficient (Wildman–Crippen LogP) is 4.17. The quantitative estimate of drug-likeness (QED) is 0.850. The third kappa shape index (κ3) is 3.83. The lowest BCUT2D eigenvalue weighted by molar-refractivity contribution is 0.171. The van der Waals surface area contributed by atoms with Gasteiger partial charge >= 0.3 is 0 Å². The van der Waals surface area contributed by atoms with Crippen LogP contribution in [0.25, 0.3) is 0 Å². The van der Waals surface area contributed by atoms with Gasteiger partial charge in [0.25, 0.3) is 0 Å². The fraction of sp³-hybridized carbons (Fsp3) is 0.647. The van der Waals surface area contributed by atoms with Crippen LogP contribution in [0.15, 0.2) is 12.1 Å². The van der Waals surface area contributed by atoms with Gasteiger partial charge in [-0.25, -0.2) is 0 Å². The van der Waals surface area contributed by atoms with E-state index in [9.17, 15) is 0 Å². The Balaban J connectivity index is 1.61. The van der Waals surface area contributed by atoms with Crippen molar-refractivity contribution in [2.45, 2.75) is 51.6 Å². The van der Waals surface area contributed by atoms with Crippen molar-refractivity contribution >= 4 is 11.6 Å². The molecule has 1 saturated carbocycles. The van der Waals surface area contributed by atoms with E-state index in [0.29, 0.717) is 30.0 Å². The van der Waals surface area contributed by atoms with Crippen LogP contribution in [0.1, 0.15) is 44.6 Å². The Bertz CT molecular complexity index is 492. The van der Waals surface area contributed by atoms with Crippen LogP contribution in [0.5, 0.6) is 11.5 Å². The Morgan fingerprint density at radius 3 is 2.90 bits per heavy atom. The molecule has 1 N–H and O–H groups in total. The summed E-state index contributed by atoms with van der Waals surface area (Å²) in [6.07, 6.45) is 6.59. The molecular formula is C17H24ClNO2. The second kappa shape index (κ2) is 6.89. The van der Waals surface area contributed by atoms with E-state index in [-0.39, 0.29) is 0 Å². The van der Waals surface area contributed by atoms with E-state index in [1.54, 1.807) is 0 Å². The molecule has 1 aromatic rings. The van der Waals surface area contributed by atoms with Crippen molar-refractivity contribution in [3.05, 3.63) is 22.7 Å². The summed E-state index contributed by atoms with van der Waals surface area (Å²) in [6, 6.07) is 4.66. The van der Waals surface area contributed by atoms with Gasteiger partial charge in [-0.2, -0.15) is 0 Å². The van der Waals surface area contributed by atoms with Crippen LogP contribution in [-0.2, 0) is 6.54 Å². The third-order valence-corrected chi connectivity index (χ3v) is 4.79. The first-order valence-electron chi connectivity index (χ1n) is 8.04. The molecule has 1 fully saturated rings. The van der Waals surface area contributed by atoms with E-state index in [2.05, 4.69) is 12.2 Å². The molecule has 0 spiro atoms. The van der Waals surface area contributed by atoms with Gasteiger partial charge < -0.3 is 14.8 Å². The van der Waals surface area contributed by atoms with Crippen LogP contribution in [0.3, 0.4) is 0 Å². The third-order valence-electron chi connectivity index (χ3n) is 4.51. The highest BCUT2D eigenvalue weighted by Gasteiger charge is 2.18. The molecule has 0 radical (unpaired) electrons. The Morgan fingerprint density at radius 1 is 1.14 bits per heavy atom. The zero-order chi connectivity index (χ0) is 14.7. The van der Waals surface area contributed by atoms with Gasteiger partial charge in [0, 0.05) is 12.6 Å². The minimum Gasteiger partial charge on any atom is -0.486 e. The van der Waals surface area contributed by atoms with Gasteiger partial charge in [-0.15, -0.1) is 0 Å². The summed E-state index contributed by atoms with van der Waals surface area (Å²) in [4.78, 5) is 0. The van der Waals surface area contributed by atoms with Crippen molar-refractivity contribution in [3.63, 3.8) is 0 Å². The highest BCUT2D eigenvalue weighted by atomic mass is 35.5. The van der Waals surface area contributed by atoms with Crippen LogP contribution < -0.4 is 14.8 Å². The SMILES string of the molecule is CC1CCCC(NCc2cc(Cl)c3c(c2)OCCO3)CC1. The molecule has 0 amide bonds. The number of ether oxygens (including phenoxy) is 2. The monoisotopic (exact) mass is 309 g/mol. The largest absolute Gasteiger partial charge is 0.486 e. The molecule has 3 rings (SSSR count). The van der Waals surface area contributed by atoms with Gasteiger partial charge in [0.05, 0.1) is 5.02 Å². The number of rotatable bonds is 3. The molecule has 4 heteroatoms.